The molecule has 1 aliphatic rings. The van der Waals surface area contributed by atoms with Gasteiger partial charge in [-0.15, -0.1) is 11.8 Å². The highest BCUT2D eigenvalue weighted by molar-refractivity contribution is 7.98. The van der Waals surface area contributed by atoms with E-state index in [4.69, 9.17) is 0 Å². The van der Waals surface area contributed by atoms with Gasteiger partial charge < -0.3 is 5.32 Å². The number of nitrogens with zero attached hydrogens (tertiary/aromatic N) is 1. The zero-order chi connectivity index (χ0) is 13.1. The minimum atomic E-state index is 0.925. The second kappa shape index (κ2) is 5.66. The summed E-state index contributed by atoms with van der Waals surface area (Å²) in [5.41, 5.74) is 5.33. The van der Waals surface area contributed by atoms with Crippen LogP contribution in [0.2, 0.25) is 0 Å². The van der Waals surface area contributed by atoms with Gasteiger partial charge >= 0.3 is 0 Å². The average molecular weight is 270 g/mol. The van der Waals surface area contributed by atoms with Crippen molar-refractivity contribution in [3.05, 3.63) is 53.3 Å². The molecule has 0 saturated heterocycles. The SMILES string of the molecule is CNc1ccnc(CSc2ccc3c(c2)CCC3)c1. The van der Waals surface area contributed by atoms with Crippen LogP contribution in [0.5, 0.6) is 0 Å². The van der Waals surface area contributed by atoms with Gasteiger partial charge in [-0.05, 0) is 54.7 Å². The Hall–Kier alpha value is -1.48. The first-order valence-electron chi connectivity index (χ1n) is 6.72. The Balaban J connectivity index is 1.68. The largest absolute Gasteiger partial charge is 0.388 e. The van der Waals surface area contributed by atoms with E-state index in [1.165, 1.54) is 24.2 Å². The Morgan fingerprint density at radius 3 is 2.95 bits per heavy atom. The maximum absolute atomic E-state index is 4.41. The maximum Gasteiger partial charge on any atom is 0.0526 e. The molecule has 0 saturated carbocycles. The van der Waals surface area contributed by atoms with Gasteiger partial charge in [-0.25, -0.2) is 0 Å². The van der Waals surface area contributed by atoms with E-state index in [-0.39, 0.29) is 0 Å². The van der Waals surface area contributed by atoms with Gasteiger partial charge in [0, 0.05) is 29.6 Å². The predicted octanol–water partition coefficient (Wildman–Crippen LogP) is 3.90. The number of hydrogen-bond acceptors (Lipinski definition) is 3. The summed E-state index contributed by atoms with van der Waals surface area (Å²) in [6, 6.07) is 11.0. The topological polar surface area (TPSA) is 24.9 Å². The lowest BCUT2D eigenvalue weighted by Crippen LogP contribution is -1.92. The summed E-state index contributed by atoms with van der Waals surface area (Å²) in [6.45, 7) is 0. The van der Waals surface area contributed by atoms with Crippen LogP contribution in [0.15, 0.2) is 41.4 Å². The number of pyridine rings is 1. The third-order valence-electron chi connectivity index (χ3n) is 3.56. The minimum Gasteiger partial charge on any atom is -0.388 e. The number of aromatic nitrogens is 1. The Labute approximate surface area is 118 Å². The van der Waals surface area contributed by atoms with Gasteiger partial charge in [0.1, 0.15) is 0 Å². The van der Waals surface area contributed by atoms with Crippen molar-refractivity contribution in [2.45, 2.75) is 29.9 Å². The second-order valence-electron chi connectivity index (χ2n) is 4.86. The fourth-order valence-electron chi connectivity index (χ4n) is 2.51. The van der Waals surface area contributed by atoms with Crippen LogP contribution in [0, 0.1) is 0 Å². The summed E-state index contributed by atoms with van der Waals surface area (Å²) in [7, 11) is 1.94. The quantitative estimate of drug-likeness (QED) is 0.853. The van der Waals surface area contributed by atoms with Gasteiger partial charge in [0.25, 0.3) is 0 Å². The molecular formula is C16H18N2S. The first-order chi connectivity index (χ1) is 9.35. The van der Waals surface area contributed by atoms with Crippen molar-refractivity contribution in [1.29, 1.82) is 0 Å². The molecule has 0 unspecified atom stereocenters. The molecule has 2 nitrogen and oxygen atoms in total. The van der Waals surface area contributed by atoms with Crippen molar-refractivity contribution < 1.29 is 0 Å². The molecule has 3 rings (SSSR count). The van der Waals surface area contributed by atoms with E-state index in [1.807, 2.05) is 31.1 Å². The lowest BCUT2D eigenvalue weighted by molar-refractivity contribution is 0.911. The van der Waals surface area contributed by atoms with E-state index in [9.17, 15) is 0 Å². The standard InChI is InChI=1S/C16H18N2S/c1-17-14-7-8-18-15(10-14)11-19-16-6-5-12-3-2-4-13(12)9-16/h5-10H,2-4,11H2,1H3,(H,17,18). The van der Waals surface area contributed by atoms with Gasteiger partial charge in [0.05, 0.1) is 5.69 Å². The van der Waals surface area contributed by atoms with E-state index >= 15 is 0 Å². The molecule has 1 N–H and O–H groups in total. The van der Waals surface area contributed by atoms with Gasteiger partial charge in [0.15, 0.2) is 0 Å². The normalized spacial score (nSPS) is 13.3. The number of aryl methyl sites for hydroxylation is 2. The summed E-state index contributed by atoms with van der Waals surface area (Å²) >= 11 is 1.87. The second-order valence-corrected chi connectivity index (χ2v) is 5.91. The van der Waals surface area contributed by atoms with Crippen LogP contribution in [0.1, 0.15) is 23.2 Å². The number of rotatable bonds is 4. The van der Waals surface area contributed by atoms with Crippen molar-refractivity contribution in [3.63, 3.8) is 0 Å². The van der Waals surface area contributed by atoms with Crippen molar-refractivity contribution in [2.75, 3.05) is 12.4 Å². The van der Waals surface area contributed by atoms with Crippen molar-refractivity contribution in [1.82, 2.24) is 4.98 Å². The van der Waals surface area contributed by atoms with Crippen molar-refractivity contribution in [2.24, 2.45) is 0 Å². The third kappa shape index (κ3) is 2.92. The lowest BCUT2D eigenvalue weighted by atomic mass is 10.1. The molecule has 0 radical (unpaired) electrons. The fourth-order valence-corrected chi connectivity index (χ4v) is 3.37. The molecule has 3 heteroatoms. The van der Waals surface area contributed by atoms with Crippen LogP contribution in [0.25, 0.3) is 0 Å². The summed E-state index contributed by atoms with van der Waals surface area (Å²) in [4.78, 5) is 5.77. The molecule has 0 atom stereocenters. The van der Waals surface area contributed by atoms with Crippen LogP contribution in [0.3, 0.4) is 0 Å². The maximum atomic E-state index is 4.41. The molecule has 2 aromatic rings. The van der Waals surface area contributed by atoms with Crippen molar-refractivity contribution in [3.8, 4) is 0 Å². The van der Waals surface area contributed by atoms with E-state index in [1.54, 1.807) is 11.1 Å². The van der Waals surface area contributed by atoms with Gasteiger partial charge in [-0.3, -0.25) is 4.98 Å². The van der Waals surface area contributed by atoms with Gasteiger partial charge in [0.2, 0.25) is 0 Å². The number of fused-ring (bicyclic) bond motifs is 1. The van der Waals surface area contributed by atoms with Crippen LogP contribution in [-0.4, -0.2) is 12.0 Å². The zero-order valence-corrected chi connectivity index (χ0v) is 12.0. The minimum absolute atomic E-state index is 0.925. The highest BCUT2D eigenvalue weighted by Gasteiger charge is 2.10. The highest BCUT2D eigenvalue weighted by atomic mass is 32.2. The van der Waals surface area contributed by atoms with Crippen molar-refractivity contribution >= 4 is 17.4 Å². The number of nitrogens with one attached hydrogen (secondary N) is 1. The Kier molecular flexibility index (Phi) is 3.74. The molecule has 98 valence electrons. The molecule has 1 heterocycles. The van der Waals surface area contributed by atoms with Crippen LogP contribution < -0.4 is 5.32 Å². The van der Waals surface area contributed by atoms with Crippen LogP contribution in [0.4, 0.5) is 5.69 Å². The monoisotopic (exact) mass is 270 g/mol. The Morgan fingerprint density at radius 1 is 1.16 bits per heavy atom. The Bertz CT molecular complexity index is 581. The first-order valence-corrected chi connectivity index (χ1v) is 7.71. The molecular weight excluding hydrogens is 252 g/mol. The first kappa shape index (κ1) is 12.5. The summed E-state index contributed by atoms with van der Waals surface area (Å²) in [5, 5.41) is 3.15. The molecule has 0 bridgehead atoms. The van der Waals surface area contributed by atoms with Gasteiger partial charge in [-0.1, -0.05) is 6.07 Å². The number of anilines is 1. The average Bonchev–Trinajstić information content (AvgIpc) is 2.93. The van der Waals surface area contributed by atoms with Crippen LogP contribution in [-0.2, 0) is 18.6 Å². The molecule has 1 aromatic carbocycles. The molecule has 1 aromatic heterocycles. The molecule has 19 heavy (non-hydrogen) atoms. The number of benzene rings is 1. The predicted molar refractivity (Wildman–Crippen MR) is 81.8 cm³/mol. The summed E-state index contributed by atoms with van der Waals surface area (Å²) in [6.07, 6.45) is 5.68. The molecule has 0 spiro atoms. The Morgan fingerprint density at radius 2 is 2.05 bits per heavy atom. The van der Waals surface area contributed by atoms with E-state index in [0.717, 1.165) is 17.1 Å². The van der Waals surface area contributed by atoms with Crippen LogP contribution >= 0.6 is 11.8 Å². The smallest absolute Gasteiger partial charge is 0.0526 e. The molecule has 0 fully saturated rings. The number of hydrogen-bond donors (Lipinski definition) is 1. The third-order valence-corrected chi connectivity index (χ3v) is 4.59. The lowest BCUT2D eigenvalue weighted by Gasteiger charge is -2.06. The summed E-state index contributed by atoms with van der Waals surface area (Å²) in [5.74, 6) is 0.925. The molecule has 0 aliphatic heterocycles. The van der Waals surface area contributed by atoms with E-state index in [2.05, 4.69) is 34.6 Å². The summed E-state index contributed by atoms with van der Waals surface area (Å²) < 4.78 is 0. The van der Waals surface area contributed by atoms with E-state index in [0.29, 0.717) is 0 Å². The fraction of sp³-hybridized carbons (Fsp3) is 0.312. The van der Waals surface area contributed by atoms with Gasteiger partial charge in [-0.2, -0.15) is 0 Å². The highest BCUT2D eigenvalue weighted by Crippen LogP contribution is 2.29. The molecule has 1 aliphatic carbocycles. The zero-order valence-electron chi connectivity index (χ0n) is 11.1. The molecule has 0 amide bonds. The number of thioether (sulfide) groups is 1. The van der Waals surface area contributed by atoms with E-state index < -0.39 is 0 Å².